The number of pyridine rings is 1. The van der Waals surface area contributed by atoms with Crippen LogP contribution in [0.15, 0.2) is 45.3 Å². The first-order valence-electron chi connectivity index (χ1n) is 8.88. The minimum atomic E-state index is 0.236. The van der Waals surface area contributed by atoms with E-state index in [0.717, 1.165) is 36.0 Å². The lowest BCUT2D eigenvalue weighted by atomic mass is 10.1. The van der Waals surface area contributed by atoms with Crippen LogP contribution in [0.1, 0.15) is 31.9 Å². The molecule has 0 spiro atoms. The minimum Gasteiger partial charge on any atom is -0.343 e. The number of amides is 1. The van der Waals surface area contributed by atoms with Gasteiger partial charge in [0, 0.05) is 42.9 Å². The molecule has 2 N–H and O–H groups in total. The number of nitriles is 1. The van der Waals surface area contributed by atoms with Crippen LogP contribution >= 0.6 is 15.9 Å². The summed E-state index contributed by atoms with van der Waals surface area (Å²) in [4.78, 5) is 22.4. The number of rotatable bonds is 5. The molecule has 1 saturated heterocycles. The number of aliphatic imine (C=N–C) groups is 1. The summed E-state index contributed by atoms with van der Waals surface area (Å²) in [5.41, 5.74) is 2.62. The Bertz CT molecular complexity index is 867. The number of nitrogens with zero attached hydrogens (tertiary/aromatic N) is 4. The molecule has 2 aliphatic heterocycles. The maximum absolute atomic E-state index is 11.6. The van der Waals surface area contributed by atoms with Gasteiger partial charge in [-0.1, -0.05) is 0 Å². The molecule has 0 bridgehead atoms. The fraction of sp³-hybridized carbons (Fsp3) is 0.368. The monoisotopic (exact) mass is 428 g/mol. The zero-order chi connectivity index (χ0) is 19.2. The molecule has 8 heteroatoms. The molecule has 7 nitrogen and oxygen atoms in total. The number of allylic oxidation sites excluding steroid dienone is 2. The maximum Gasteiger partial charge on any atom is 0.222 e. The van der Waals surface area contributed by atoms with Crippen LogP contribution < -0.4 is 10.6 Å². The normalized spacial score (nSPS) is 20.0. The average Bonchev–Trinajstić information content (AvgIpc) is 3.08. The van der Waals surface area contributed by atoms with Crippen molar-refractivity contribution in [3.05, 3.63) is 46.0 Å². The molecular weight excluding hydrogens is 408 g/mol. The zero-order valence-corrected chi connectivity index (χ0v) is 16.7. The van der Waals surface area contributed by atoms with E-state index in [2.05, 4.69) is 42.6 Å². The Labute approximate surface area is 167 Å². The maximum atomic E-state index is 11.6. The van der Waals surface area contributed by atoms with E-state index < -0.39 is 0 Å². The molecule has 0 unspecified atom stereocenters. The first-order valence-corrected chi connectivity index (χ1v) is 9.67. The van der Waals surface area contributed by atoms with Gasteiger partial charge in [0.1, 0.15) is 11.6 Å². The highest BCUT2D eigenvalue weighted by Crippen LogP contribution is 2.26. The van der Waals surface area contributed by atoms with E-state index in [1.54, 1.807) is 6.20 Å². The molecule has 0 aliphatic carbocycles. The van der Waals surface area contributed by atoms with Gasteiger partial charge in [-0.25, -0.2) is 0 Å². The second kappa shape index (κ2) is 8.82. The number of nitrogens with one attached hydrogen (secondary N) is 2. The molecule has 0 atom stereocenters. The van der Waals surface area contributed by atoms with Gasteiger partial charge >= 0.3 is 0 Å². The molecule has 1 aromatic heterocycles. The van der Waals surface area contributed by atoms with Gasteiger partial charge in [0.25, 0.3) is 0 Å². The lowest BCUT2D eigenvalue weighted by molar-refractivity contribution is -0.127. The van der Waals surface area contributed by atoms with Gasteiger partial charge in [0.15, 0.2) is 5.96 Å². The van der Waals surface area contributed by atoms with Crippen LogP contribution in [0.5, 0.6) is 0 Å². The van der Waals surface area contributed by atoms with E-state index >= 15 is 0 Å². The average molecular weight is 429 g/mol. The fourth-order valence-electron chi connectivity index (χ4n) is 3.04. The van der Waals surface area contributed by atoms with E-state index in [4.69, 9.17) is 0 Å². The molecule has 3 heterocycles. The molecule has 2 aliphatic rings. The summed E-state index contributed by atoms with van der Waals surface area (Å²) >= 11 is 3.45. The second-order valence-corrected chi connectivity index (χ2v) is 7.21. The van der Waals surface area contributed by atoms with Crippen molar-refractivity contribution < 1.29 is 4.79 Å². The van der Waals surface area contributed by atoms with Crippen LogP contribution in [0.2, 0.25) is 0 Å². The quantitative estimate of drug-likeness (QED) is 0.554. The van der Waals surface area contributed by atoms with Crippen molar-refractivity contribution >= 4 is 33.4 Å². The molecule has 0 aromatic carbocycles. The van der Waals surface area contributed by atoms with Crippen molar-refractivity contribution in [1.29, 1.82) is 5.26 Å². The van der Waals surface area contributed by atoms with Gasteiger partial charge in [-0.05, 0) is 53.4 Å². The summed E-state index contributed by atoms with van der Waals surface area (Å²) in [7, 11) is 0. The van der Waals surface area contributed by atoms with Gasteiger partial charge in [-0.3, -0.25) is 14.8 Å². The van der Waals surface area contributed by atoms with E-state index in [0.29, 0.717) is 35.9 Å². The molecule has 1 amide bonds. The zero-order valence-electron chi connectivity index (χ0n) is 15.1. The number of guanidine groups is 1. The SMILES string of the molecule is CC1=CNC(=NCCCN2CCCC2=O)N/C1=C(/C#N)c1ncccc1Br. The molecule has 1 fully saturated rings. The first kappa shape index (κ1) is 19.1. The van der Waals surface area contributed by atoms with Crippen LogP contribution in [-0.4, -0.2) is 41.4 Å². The third-order valence-corrected chi connectivity index (χ3v) is 5.09. The topological polar surface area (TPSA) is 93.4 Å². The third kappa shape index (κ3) is 4.55. The summed E-state index contributed by atoms with van der Waals surface area (Å²) in [6, 6.07) is 5.91. The van der Waals surface area contributed by atoms with Crippen molar-refractivity contribution in [2.24, 2.45) is 4.99 Å². The number of carbonyl (C=O) groups is 1. The predicted molar refractivity (Wildman–Crippen MR) is 107 cm³/mol. The number of carbonyl (C=O) groups excluding carboxylic acids is 1. The van der Waals surface area contributed by atoms with Crippen molar-refractivity contribution in [3.8, 4) is 6.07 Å². The molecule has 27 heavy (non-hydrogen) atoms. The Morgan fingerprint density at radius 3 is 3.07 bits per heavy atom. The summed E-state index contributed by atoms with van der Waals surface area (Å²) in [5.74, 6) is 0.822. The van der Waals surface area contributed by atoms with Crippen molar-refractivity contribution in [2.45, 2.75) is 26.2 Å². The lowest BCUT2D eigenvalue weighted by Crippen LogP contribution is -2.39. The van der Waals surface area contributed by atoms with Gasteiger partial charge < -0.3 is 15.5 Å². The number of likely N-dealkylation sites (tertiary alicyclic amines) is 1. The smallest absolute Gasteiger partial charge is 0.222 e. The fourth-order valence-corrected chi connectivity index (χ4v) is 3.49. The Morgan fingerprint density at radius 1 is 1.52 bits per heavy atom. The Hall–Kier alpha value is -2.66. The van der Waals surface area contributed by atoms with Crippen LogP contribution in [0.25, 0.3) is 5.57 Å². The summed E-state index contributed by atoms with van der Waals surface area (Å²) in [6.07, 6.45) is 5.90. The van der Waals surface area contributed by atoms with Gasteiger partial charge in [-0.2, -0.15) is 5.26 Å². The summed E-state index contributed by atoms with van der Waals surface area (Å²) in [5, 5.41) is 16.0. The van der Waals surface area contributed by atoms with Crippen molar-refractivity contribution in [2.75, 3.05) is 19.6 Å². The molecule has 0 saturated carbocycles. The van der Waals surface area contributed by atoms with Crippen LogP contribution in [0, 0.1) is 11.3 Å². The van der Waals surface area contributed by atoms with Crippen LogP contribution in [-0.2, 0) is 4.79 Å². The van der Waals surface area contributed by atoms with Gasteiger partial charge in [-0.15, -0.1) is 0 Å². The minimum absolute atomic E-state index is 0.236. The number of hydrogen-bond donors (Lipinski definition) is 2. The molecule has 140 valence electrons. The largest absolute Gasteiger partial charge is 0.343 e. The second-order valence-electron chi connectivity index (χ2n) is 6.36. The van der Waals surface area contributed by atoms with Crippen molar-refractivity contribution in [3.63, 3.8) is 0 Å². The molecule has 0 radical (unpaired) electrons. The predicted octanol–water partition coefficient (Wildman–Crippen LogP) is 2.54. The van der Waals surface area contributed by atoms with Crippen LogP contribution in [0.4, 0.5) is 0 Å². The highest BCUT2D eigenvalue weighted by molar-refractivity contribution is 9.10. The first-order chi connectivity index (χ1) is 13.1. The Morgan fingerprint density at radius 2 is 2.37 bits per heavy atom. The summed E-state index contributed by atoms with van der Waals surface area (Å²) < 4.78 is 0.760. The Balaban J connectivity index is 1.71. The Kier molecular flexibility index (Phi) is 6.24. The molecule has 1 aromatic rings. The van der Waals surface area contributed by atoms with Crippen molar-refractivity contribution in [1.82, 2.24) is 20.5 Å². The van der Waals surface area contributed by atoms with Gasteiger partial charge in [0.05, 0.1) is 11.4 Å². The summed E-state index contributed by atoms with van der Waals surface area (Å²) in [6.45, 7) is 4.09. The highest BCUT2D eigenvalue weighted by atomic mass is 79.9. The van der Waals surface area contributed by atoms with E-state index in [1.807, 2.05) is 30.2 Å². The lowest BCUT2D eigenvalue weighted by Gasteiger charge is -2.21. The third-order valence-electron chi connectivity index (χ3n) is 4.45. The molecule has 3 rings (SSSR count). The highest BCUT2D eigenvalue weighted by Gasteiger charge is 2.20. The number of aromatic nitrogens is 1. The number of hydrogen-bond acceptors (Lipinski definition) is 4. The van der Waals surface area contributed by atoms with Gasteiger partial charge in [0.2, 0.25) is 5.91 Å². The van der Waals surface area contributed by atoms with Crippen LogP contribution in [0.3, 0.4) is 0 Å². The molecular formula is C19H21BrN6O. The van der Waals surface area contributed by atoms with E-state index in [-0.39, 0.29) is 5.91 Å². The number of halogens is 1. The van der Waals surface area contributed by atoms with E-state index in [9.17, 15) is 10.1 Å². The van der Waals surface area contributed by atoms with E-state index in [1.165, 1.54) is 0 Å². The standard InChI is InChI=1S/C19H21BrN6O/c1-13-12-24-19(23-8-4-10-26-9-3-6-16(26)27)25-17(13)14(11-21)18-15(20)5-2-7-22-18/h2,5,7,12H,3-4,6,8-10H2,1H3,(H2,23,24,25)/b17-14-.